The van der Waals surface area contributed by atoms with Crippen LogP contribution in [0.3, 0.4) is 0 Å². The molecule has 3 aromatic heterocycles. The van der Waals surface area contributed by atoms with E-state index in [1.807, 2.05) is 0 Å². The van der Waals surface area contributed by atoms with E-state index in [1.165, 1.54) is 0 Å². The molecule has 3 aromatic rings. The summed E-state index contributed by atoms with van der Waals surface area (Å²) in [6.45, 7) is 0.523. The zero-order valence-corrected chi connectivity index (χ0v) is 11.2. The second kappa shape index (κ2) is 6.00. The van der Waals surface area contributed by atoms with Gasteiger partial charge in [-0.3, -0.25) is 9.36 Å². The minimum atomic E-state index is -0.147. The quantitative estimate of drug-likeness (QED) is 0.729. The summed E-state index contributed by atoms with van der Waals surface area (Å²) >= 11 is 0. The van der Waals surface area contributed by atoms with Crippen LogP contribution < -0.4 is 5.32 Å². The maximum absolute atomic E-state index is 12.0. The first-order valence-electron chi connectivity index (χ1n) is 6.54. The average Bonchev–Trinajstić information content (AvgIpc) is 3.21. The van der Waals surface area contributed by atoms with Crippen molar-refractivity contribution < 1.29 is 4.79 Å². The van der Waals surface area contributed by atoms with E-state index < -0.39 is 0 Å². The van der Waals surface area contributed by atoms with Crippen molar-refractivity contribution in [3.8, 4) is 5.82 Å². The van der Waals surface area contributed by atoms with E-state index in [-0.39, 0.29) is 5.91 Å². The molecule has 106 valence electrons. The Kier molecular flexibility index (Phi) is 3.72. The first kappa shape index (κ1) is 13.0. The highest BCUT2D eigenvalue weighted by Gasteiger charge is 2.06. The summed E-state index contributed by atoms with van der Waals surface area (Å²) in [6.07, 6.45) is 10.8. The van der Waals surface area contributed by atoms with Gasteiger partial charge in [0, 0.05) is 43.9 Å². The summed E-state index contributed by atoms with van der Waals surface area (Å²) in [7, 11) is 0. The standard InChI is InChI=1S/C14H14N6O/c21-14(18-4-3-12-16-5-6-17-12)11-1-2-13(19-9-11)20-8-7-15-10-20/h1-2,5-10H,3-4H2,(H,16,17)(H,18,21). The molecule has 0 fully saturated rings. The van der Waals surface area contributed by atoms with E-state index in [9.17, 15) is 4.79 Å². The summed E-state index contributed by atoms with van der Waals surface area (Å²) in [5.74, 6) is 1.43. The molecular weight excluding hydrogens is 268 g/mol. The Morgan fingerprint density at radius 1 is 1.29 bits per heavy atom. The number of imidazole rings is 2. The SMILES string of the molecule is O=C(NCCc1ncc[nH]1)c1ccc(-n2ccnc2)nc1. The zero-order valence-electron chi connectivity index (χ0n) is 11.2. The Balaban J connectivity index is 1.57. The molecule has 0 radical (unpaired) electrons. The first-order chi connectivity index (χ1) is 10.3. The van der Waals surface area contributed by atoms with Gasteiger partial charge in [-0.25, -0.2) is 15.0 Å². The lowest BCUT2D eigenvalue weighted by Crippen LogP contribution is -2.26. The lowest BCUT2D eigenvalue weighted by atomic mass is 10.2. The predicted octanol–water partition coefficient (Wildman–Crippen LogP) is 0.963. The highest BCUT2D eigenvalue weighted by atomic mass is 16.1. The lowest BCUT2D eigenvalue weighted by Gasteiger charge is -2.05. The molecule has 0 aliphatic rings. The molecule has 21 heavy (non-hydrogen) atoms. The second-order valence-electron chi connectivity index (χ2n) is 4.42. The van der Waals surface area contributed by atoms with E-state index in [4.69, 9.17) is 0 Å². The van der Waals surface area contributed by atoms with Crippen LogP contribution in [0.15, 0.2) is 49.4 Å². The van der Waals surface area contributed by atoms with Crippen molar-refractivity contribution >= 4 is 5.91 Å². The third-order valence-electron chi connectivity index (χ3n) is 2.98. The van der Waals surface area contributed by atoms with Gasteiger partial charge in [0.15, 0.2) is 0 Å². The molecular formula is C14H14N6O. The van der Waals surface area contributed by atoms with Crippen molar-refractivity contribution in [1.82, 2.24) is 29.8 Å². The molecule has 0 spiro atoms. The molecule has 3 heterocycles. The molecule has 0 atom stereocenters. The number of carbonyl (C=O) groups is 1. The molecule has 0 aliphatic heterocycles. The molecule has 0 saturated heterocycles. The zero-order chi connectivity index (χ0) is 14.5. The summed E-state index contributed by atoms with van der Waals surface area (Å²) in [5, 5.41) is 2.83. The molecule has 3 rings (SSSR count). The van der Waals surface area contributed by atoms with Gasteiger partial charge in [0.2, 0.25) is 0 Å². The number of pyridine rings is 1. The van der Waals surface area contributed by atoms with E-state index >= 15 is 0 Å². The van der Waals surface area contributed by atoms with Gasteiger partial charge in [-0.05, 0) is 12.1 Å². The molecule has 1 amide bonds. The van der Waals surface area contributed by atoms with Crippen molar-refractivity contribution in [2.45, 2.75) is 6.42 Å². The van der Waals surface area contributed by atoms with E-state index in [0.717, 1.165) is 11.6 Å². The van der Waals surface area contributed by atoms with E-state index in [2.05, 4.69) is 25.3 Å². The summed E-state index contributed by atoms with van der Waals surface area (Å²) in [5.41, 5.74) is 0.526. The predicted molar refractivity (Wildman–Crippen MR) is 76.0 cm³/mol. The summed E-state index contributed by atoms with van der Waals surface area (Å²) in [4.78, 5) is 27.3. The molecule has 0 saturated carbocycles. The van der Waals surface area contributed by atoms with Gasteiger partial charge in [0.1, 0.15) is 18.0 Å². The third kappa shape index (κ3) is 3.14. The van der Waals surface area contributed by atoms with Crippen molar-refractivity contribution in [2.24, 2.45) is 0 Å². The number of aromatic amines is 1. The van der Waals surface area contributed by atoms with Crippen LogP contribution in [0.1, 0.15) is 16.2 Å². The summed E-state index contributed by atoms with van der Waals surface area (Å²) < 4.78 is 1.78. The maximum atomic E-state index is 12.0. The Morgan fingerprint density at radius 3 is 2.90 bits per heavy atom. The fourth-order valence-electron chi connectivity index (χ4n) is 1.90. The van der Waals surface area contributed by atoms with Crippen molar-refractivity contribution in [3.63, 3.8) is 0 Å². The highest BCUT2D eigenvalue weighted by Crippen LogP contribution is 2.05. The largest absolute Gasteiger partial charge is 0.352 e. The van der Waals surface area contributed by atoms with Crippen LogP contribution in [0.2, 0.25) is 0 Å². The number of hydrogen-bond acceptors (Lipinski definition) is 4. The van der Waals surface area contributed by atoms with Crippen LogP contribution in [0, 0.1) is 0 Å². The van der Waals surface area contributed by atoms with Crippen molar-refractivity contribution in [3.05, 3.63) is 60.8 Å². The van der Waals surface area contributed by atoms with Crippen LogP contribution in [0.25, 0.3) is 5.82 Å². The van der Waals surface area contributed by atoms with Gasteiger partial charge in [-0.2, -0.15) is 0 Å². The van der Waals surface area contributed by atoms with Gasteiger partial charge < -0.3 is 10.3 Å². The lowest BCUT2D eigenvalue weighted by molar-refractivity contribution is 0.0953. The fraction of sp³-hybridized carbons (Fsp3) is 0.143. The maximum Gasteiger partial charge on any atom is 0.252 e. The van der Waals surface area contributed by atoms with E-state index in [0.29, 0.717) is 18.5 Å². The molecule has 0 bridgehead atoms. The molecule has 0 unspecified atom stereocenters. The Bertz CT molecular complexity index is 688. The van der Waals surface area contributed by atoms with Gasteiger partial charge in [0.25, 0.3) is 5.91 Å². The van der Waals surface area contributed by atoms with Crippen LogP contribution in [0.4, 0.5) is 0 Å². The normalized spacial score (nSPS) is 10.5. The Morgan fingerprint density at radius 2 is 2.24 bits per heavy atom. The van der Waals surface area contributed by atoms with Gasteiger partial charge >= 0.3 is 0 Å². The molecule has 7 heteroatoms. The number of nitrogens with zero attached hydrogens (tertiary/aromatic N) is 4. The molecule has 0 aliphatic carbocycles. The minimum Gasteiger partial charge on any atom is -0.352 e. The Hall–Kier alpha value is -2.96. The highest BCUT2D eigenvalue weighted by molar-refractivity contribution is 5.93. The third-order valence-corrected chi connectivity index (χ3v) is 2.98. The van der Waals surface area contributed by atoms with Gasteiger partial charge in [-0.15, -0.1) is 0 Å². The monoisotopic (exact) mass is 282 g/mol. The van der Waals surface area contributed by atoms with Crippen LogP contribution in [-0.4, -0.2) is 37.0 Å². The number of amides is 1. The number of carbonyl (C=O) groups excluding carboxylic acids is 1. The fourth-order valence-corrected chi connectivity index (χ4v) is 1.90. The van der Waals surface area contributed by atoms with Gasteiger partial charge in [-0.1, -0.05) is 0 Å². The van der Waals surface area contributed by atoms with Crippen LogP contribution in [0.5, 0.6) is 0 Å². The van der Waals surface area contributed by atoms with E-state index in [1.54, 1.807) is 54.0 Å². The topological polar surface area (TPSA) is 88.5 Å². The second-order valence-corrected chi connectivity index (χ2v) is 4.42. The van der Waals surface area contributed by atoms with Crippen molar-refractivity contribution in [2.75, 3.05) is 6.54 Å². The summed E-state index contributed by atoms with van der Waals surface area (Å²) in [6, 6.07) is 3.52. The number of H-pyrrole nitrogens is 1. The van der Waals surface area contributed by atoms with Crippen molar-refractivity contribution in [1.29, 1.82) is 0 Å². The minimum absolute atomic E-state index is 0.147. The average molecular weight is 282 g/mol. The number of rotatable bonds is 5. The van der Waals surface area contributed by atoms with Crippen LogP contribution >= 0.6 is 0 Å². The smallest absolute Gasteiger partial charge is 0.252 e. The number of nitrogens with one attached hydrogen (secondary N) is 2. The Labute approximate surface area is 121 Å². The first-order valence-corrected chi connectivity index (χ1v) is 6.54. The molecule has 2 N–H and O–H groups in total. The van der Waals surface area contributed by atoms with Crippen LogP contribution in [-0.2, 0) is 6.42 Å². The molecule has 0 aromatic carbocycles. The number of hydrogen-bond donors (Lipinski definition) is 2. The van der Waals surface area contributed by atoms with Gasteiger partial charge in [0.05, 0.1) is 5.56 Å². The molecule has 7 nitrogen and oxygen atoms in total. The number of aromatic nitrogens is 5.